The lowest BCUT2D eigenvalue weighted by Crippen LogP contribution is -2.25. The van der Waals surface area contributed by atoms with Crippen LogP contribution in [0.2, 0.25) is 0 Å². The van der Waals surface area contributed by atoms with Gasteiger partial charge in [0.1, 0.15) is 5.65 Å². The Morgan fingerprint density at radius 2 is 2.17 bits per heavy atom. The Morgan fingerprint density at radius 3 is 2.83 bits per heavy atom. The zero-order valence-electron chi connectivity index (χ0n) is 9.70. The predicted octanol–water partition coefficient (Wildman–Crippen LogP) is 1.14. The second-order valence-electron chi connectivity index (χ2n) is 3.51. The summed E-state index contributed by atoms with van der Waals surface area (Å²) >= 11 is 0. The summed E-state index contributed by atoms with van der Waals surface area (Å²) < 4.78 is 1.92. The molecule has 100 valence electrons. The minimum atomic E-state index is -0.0421. The third-order valence-corrected chi connectivity index (χ3v) is 2.25. The van der Waals surface area contributed by atoms with Gasteiger partial charge in [-0.25, -0.2) is 4.98 Å². The van der Waals surface area contributed by atoms with E-state index in [9.17, 15) is 4.79 Å². The van der Waals surface area contributed by atoms with Gasteiger partial charge in [-0.05, 0) is 12.1 Å². The molecule has 0 unspecified atom stereocenters. The monoisotopic (exact) mass is 290 g/mol. The number of fused-ring (bicyclic) bond motifs is 1. The molecule has 7 heteroatoms. The molecule has 2 rings (SSSR count). The van der Waals surface area contributed by atoms with E-state index in [2.05, 4.69) is 10.3 Å². The fraction of sp³-hybridized carbons (Fsp3) is 0.273. The van der Waals surface area contributed by atoms with Crippen LogP contribution in [0.4, 0.5) is 0 Å². The molecule has 0 bridgehead atoms. The molecule has 0 atom stereocenters. The van der Waals surface area contributed by atoms with Crippen LogP contribution < -0.4 is 11.1 Å². The van der Waals surface area contributed by atoms with E-state index in [1.807, 2.05) is 35.0 Å². The summed E-state index contributed by atoms with van der Waals surface area (Å²) in [5.74, 6) is -0.0421. The Kier molecular flexibility index (Phi) is 7.35. The van der Waals surface area contributed by atoms with Crippen molar-refractivity contribution < 1.29 is 4.79 Å². The zero-order chi connectivity index (χ0) is 11.4. The number of nitrogens with one attached hydrogen (secondary N) is 1. The number of nitrogens with two attached hydrogens (primary N) is 1. The maximum Gasteiger partial charge on any atom is 0.221 e. The number of pyridine rings is 1. The van der Waals surface area contributed by atoms with Gasteiger partial charge in [-0.1, -0.05) is 6.07 Å². The third-order valence-electron chi connectivity index (χ3n) is 2.25. The lowest BCUT2D eigenvalue weighted by Gasteiger charge is -2.00. The van der Waals surface area contributed by atoms with Crippen molar-refractivity contribution in [2.75, 3.05) is 6.54 Å². The van der Waals surface area contributed by atoms with Crippen LogP contribution >= 0.6 is 24.8 Å². The van der Waals surface area contributed by atoms with Crippen molar-refractivity contribution in [3.8, 4) is 0 Å². The second-order valence-corrected chi connectivity index (χ2v) is 3.51. The fourth-order valence-corrected chi connectivity index (χ4v) is 1.48. The number of carbonyl (C=O) groups excluding carboxylic acids is 1. The number of amides is 1. The number of hydrogen-bond donors (Lipinski definition) is 2. The molecular formula is C11H16Cl2N4O. The number of nitrogens with zero attached hydrogens (tertiary/aromatic N) is 2. The van der Waals surface area contributed by atoms with Gasteiger partial charge < -0.3 is 15.5 Å². The summed E-state index contributed by atoms with van der Waals surface area (Å²) in [6, 6.07) is 5.79. The van der Waals surface area contributed by atoms with Crippen LogP contribution in [0.25, 0.3) is 5.65 Å². The smallest absolute Gasteiger partial charge is 0.221 e. The summed E-state index contributed by atoms with van der Waals surface area (Å²) in [7, 11) is 0. The molecule has 0 aliphatic carbocycles. The SMILES string of the molecule is Cl.Cl.NCCC(=O)NCc1cn2ccccc2n1. The second kappa shape index (κ2) is 7.92. The van der Waals surface area contributed by atoms with Gasteiger partial charge >= 0.3 is 0 Å². The highest BCUT2D eigenvalue weighted by Crippen LogP contribution is 2.03. The maximum absolute atomic E-state index is 11.2. The average molecular weight is 291 g/mol. The minimum Gasteiger partial charge on any atom is -0.350 e. The molecule has 0 fully saturated rings. The van der Waals surface area contributed by atoms with Crippen LogP contribution in [0.1, 0.15) is 12.1 Å². The topological polar surface area (TPSA) is 72.4 Å². The first-order chi connectivity index (χ1) is 7.79. The molecule has 2 aromatic heterocycles. The Hall–Kier alpha value is -1.30. The van der Waals surface area contributed by atoms with E-state index >= 15 is 0 Å². The number of rotatable bonds is 4. The van der Waals surface area contributed by atoms with Crippen molar-refractivity contribution in [2.24, 2.45) is 5.73 Å². The van der Waals surface area contributed by atoms with Gasteiger partial charge in [-0.15, -0.1) is 24.8 Å². The number of aromatic nitrogens is 2. The van der Waals surface area contributed by atoms with E-state index in [0.29, 0.717) is 19.5 Å². The van der Waals surface area contributed by atoms with Crippen molar-refractivity contribution >= 4 is 36.4 Å². The molecule has 2 heterocycles. The number of carbonyl (C=O) groups is 1. The van der Waals surface area contributed by atoms with Crippen LogP contribution in [0.15, 0.2) is 30.6 Å². The Balaban J connectivity index is 0.00000144. The first-order valence-electron chi connectivity index (χ1n) is 5.19. The molecule has 18 heavy (non-hydrogen) atoms. The molecule has 0 spiro atoms. The molecule has 1 amide bonds. The van der Waals surface area contributed by atoms with Crippen LogP contribution in [0.5, 0.6) is 0 Å². The molecular weight excluding hydrogens is 275 g/mol. The Labute approximate surface area is 118 Å². The molecule has 0 aliphatic rings. The van der Waals surface area contributed by atoms with E-state index in [4.69, 9.17) is 5.73 Å². The molecule has 5 nitrogen and oxygen atoms in total. The summed E-state index contributed by atoms with van der Waals surface area (Å²) in [6.45, 7) is 0.817. The van der Waals surface area contributed by atoms with E-state index in [1.165, 1.54) is 0 Å². The van der Waals surface area contributed by atoms with Gasteiger partial charge in [0.05, 0.1) is 12.2 Å². The van der Waals surface area contributed by atoms with Gasteiger partial charge in [-0.3, -0.25) is 4.79 Å². The third kappa shape index (κ3) is 4.18. The van der Waals surface area contributed by atoms with E-state index < -0.39 is 0 Å². The zero-order valence-corrected chi connectivity index (χ0v) is 11.3. The lowest BCUT2D eigenvalue weighted by atomic mass is 10.4. The Morgan fingerprint density at radius 1 is 1.39 bits per heavy atom. The summed E-state index contributed by atoms with van der Waals surface area (Å²) in [5, 5.41) is 2.77. The van der Waals surface area contributed by atoms with E-state index in [-0.39, 0.29) is 30.7 Å². The normalized spacial score (nSPS) is 9.39. The molecule has 0 radical (unpaired) electrons. The minimum absolute atomic E-state index is 0. The molecule has 3 N–H and O–H groups in total. The number of halogens is 2. The molecule has 0 saturated heterocycles. The van der Waals surface area contributed by atoms with Crippen molar-refractivity contribution in [2.45, 2.75) is 13.0 Å². The fourth-order valence-electron chi connectivity index (χ4n) is 1.48. The average Bonchev–Trinajstić information content (AvgIpc) is 2.69. The van der Waals surface area contributed by atoms with Crippen molar-refractivity contribution in [3.05, 3.63) is 36.3 Å². The van der Waals surface area contributed by atoms with Crippen LogP contribution in [0, 0.1) is 0 Å². The molecule has 0 saturated carbocycles. The summed E-state index contributed by atoms with van der Waals surface area (Å²) in [6.07, 6.45) is 4.18. The van der Waals surface area contributed by atoms with Gasteiger partial charge in [-0.2, -0.15) is 0 Å². The Bertz CT molecular complexity index is 468. The van der Waals surface area contributed by atoms with Crippen molar-refractivity contribution in [1.29, 1.82) is 0 Å². The molecule has 0 aliphatic heterocycles. The number of imidazole rings is 1. The van der Waals surface area contributed by atoms with Gasteiger partial charge in [0.2, 0.25) is 5.91 Å². The molecule has 0 aromatic carbocycles. The van der Waals surface area contributed by atoms with Gasteiger partial charge in [0, 0.05) is 25.4 Å². The highest BCUT2D eigenvalue weighted by molar-refractivity contribution is 5.85. The van der Waals surface area contributed by atoms with Crippen molar-refractivity contribution in [3.63, 3.8) is 0 Å². The van der Waals surface area contributed by atoms with Crippen LogP contribution in [-0.4, -0.2) is 21.8 Å². The van der Waals surface area contributed by atoms with Crippen LogP contribution in [0.3, 0.4) is 0 Å². The summed E-state index contributed by atoms with van der Waals surface area (Å²) in [5.41, 5.74) is 7.00. The first kappa shape index (κ1) is 16.7. The van der Waals surface area contributed by atoms with E-state index in [0.717, 1.165) is 11.3 Å². The highest BCUT2D eigenvalue weighted by Gasteiger charge is 2.03. The standard InChI is InChI=1S/C11H14N4O.2ClH/c12-5-4-11(16)13-7-9-8-15-6-2-1-3-10(15)14-9;;/h1-3,6,8H,4-5,7,12H2,(H,13,16);2*1H. The van der Waals surface area contributed by atoms with Gasteiger partial charge in [0.25, 0.3) is 0 Å². The van der Waals surface area contributed by atoms with Crippen molar-refractivity contribution in [1.82, 2.24) is 14.7 Å². The summed E-state index contributed by atoms with van der Waals surface area (Å²) in [4.78, 5) is 15.6. The number of hydrogen-bond acceptors (Lipinski definition) is 3. The predicted molar refractivity (Wildman–Crippen MR) is 75.2 cm³/mol. The largest absolute Gasteiger partial charge is 0.350 e. The lowest BCUT2D eigenvalue weighted by molar-refractivity contribution is -0.121. The highest BCUT2D eigenvalue weighted by atomic mass is 35.5. The first-order valence-corrected chi connectivity index (χ1v) is 5.19. The van der Waals surface area contributed by atoms with Crippen LogP contribution in [-0.2, 0) is 11.3 Å². The van der Waals surface area contributed by atoms with E-state index in [1.54, 1.807) is 0 Å². The van der Waals surface area contributed by atoms with Gasteiger partial charge in [0.15, 0.2) is 0 Å². The molecule has 2 aromatic rings. The maximum atomic E-state index is 11.2. The quantitative estimate of drug-likeness (QED) is 0.887.